The monoisotopic (exact) mass is 283 g/mol. The summed E-state index contributed by atoms with van der Waals surface area (Å²) < 4.78 is 0. The quantitative estimate of drug-likeness (QED) is 0.825. The van der Waals surface area contributed by atoms with Crippen LogP contribution >= 0.6 is 0 Å². The SMILES string of the molecule is CN(Cc1c(O)ccc2ccccc12)C1CCCCCC1. The van der Waals surface area contributed by atoms with Gasteiger partial charge in [-0.15, -0.1) is 0 Å². The first kappa shape index (κ1) is 14.4. The molecule has 2 aromatic rings. The van der Waals surface area contributed by atoms with E-state index < -0.39 is 0 Å². The molecule has 2 nitrogen and oxygen atoms in total. The van der Waals surface area contributed by atoms with Crippen molar-refractivity contribution in [2.75, 3.05) is 7.05 Å². The Balaban J connectivity index is 1.85. The Morgan fingerprint density at radius 1 is 1.00 bits per heavy atom. The normalized spacial score (nSPS) is 17.2. The van der Waals surface area contributed by atoms with E-state index in [0.29, 0.717) is 11.8 Å². The minimum Gasteiger partial charge on any atom is -0.508 e. The summed E-state index contributed by atoms with van der Waals surface area (Å²) in [7, 11) is 2.21. The zero-order valence-corrected chi connectivity index (χ0v) is 12.9. The van der Waals surface area contributed by atoms with E-state index in [0.717, 1.165) is 12.1 Å². The molecule has 2 aromatic carbocycles. The van der Waals surface area contributed by atoms with Gasteiger partial charge in [0.25, 0.3) is 0 Å². The number of fused-ring (bicyclic) bond motifs is 1. The molecule has 1 aliphatic rings. The van der Waals surface area contributed by atoms with Gasteiger partial charge in [0, 0.05) is 18.2 Å². The van der Waals surface area contributed by atoms with Gasteiger partial charge in [-0.2, -0.15) is 0 Å². The molecular formula is C19H25NO. The van der Waals surface area contributed by atoms with Crippen LogP contribution in [0.25, 0.3) is 10.8 Å². The summed E-state index contributed by atoms with van der Waals surface area (Å²) in [4.78, 5) is 2.44. The number of aromatic hydroxyl groups is 1. The summed E-state index contributed by atoms with van der Waals surface area (Å²) in [5, 5.41) is 12.7. The Morgan fingerprint density at radius 3 is 2.48 bits per heavy atom. The van der Waals surface area contributed by atoms with Crippen LogP contribution in [-0.4, -0.2) is 23.1 Å². The van der Waals surface area contributed by atoms with Gasteiger partial charge in [-0.3, -0.25) is 4.90 Å². The molecule has 0 heterocycles. The van der Waals surface area contributed by atoms with Crippen molar-refractivity contribution in [3.8, 4) is 5.75 Å². The van der Waals surface area contributed by atoms with Crippen LogP contribution in [0.15, 0.2) is 36.4 Å². The molecule has 112 valence electrons. The third-order valence-corrected chi connectivity index (χ3v) is 4.87. The van der Waals surface area contributed by atoms with Gasteiger partial charge in [0.2, 0.25) is 0 Å². The maximum Gasteiger partial charge on any atom is 0.120 e. The average molecular weight is 283 g/mol. The molecule has 0 bridgehead atoms. The lowest BCUT2D eigenvalue weighted by molar-refractivity contribution is 0.211. The van der Waals surface area contributed by atoms with Gasteiger partial charge in [0.05, 0.1) is 0 Å². The van der Waals surface area contributed by atoms with Crippen molar-refractivity contribution in [3.05, 3.63) is 42.0 Å². The van der Waals surface area contributed by atoms with Gasteiger partial charge >= 0.3 is 0 Å². The van der Waals surface area contributed by atoms with E-state index in [1.165, 1.54) is 49.3 Å². The smallest absolute Gasteiger partial charge is 0.120 e. The van der Waals surface area contributed by atoms with Crippen LogP contribution in [0.4, 0.5) is 0 Å². The predicted molar refractivity (Wildman–Crippen MR) is 88.6 cm³/mol. The number of rotatable bonds is 3. The molecule has 1 aliphatic carbocycles. The van der Waals surface area contributed by atoms with E-state index in [9.17, 15) is 5.11 Å². The number of nitrogens with zero attached hydrogens (tertiary/aromatic N) is 1. The van der Waals surface area contributed by atoms with E-state index in [-0.39, 0.29) is 0 Å². The molecule has 3 rings (SSSR count). The molecule has 2 heteroatoms. The summed E-state index contributed by atoms with van der Waals surface area (Å²) in [6.45, 7) is 0.831. The van der Waals surface area contributed by atoms with Gasteiger partial charge in [-0.1, -0.05) is 56.0 Å². The van der Waals surface area contributed by atoms with Crippen molar-refractivity contribution in [3.63, 3.8) is 0 Å². The van der Waals surface area contributed by atoms with Gasteiger partial charge < -0.3 is 5.11 Å². The molecule has 21 heavy (non-hydrogen) atoms. The highest BCUT2D eigenvalue weighted by molar-refractivity contribution is 5.87. The van der Waals surface area contributed by atoms with Crippen LogP contribution in [0, 0.1) is 0 Å². The van der Waals surface area contributed by atoms with E-state index in [2.05, 4.69) is 36.2 Å². The van der Waals surface area contributed by atoms with E-state index in [1.54, 1.807) is 0 Å². The standard InChI is InChI=1S/C19H25NO/c1-20(16-9-4-2-3-5-10-16)14-18-17-11-7-6-8-15(17)12-13-19(18)21/h6-8,11-13,16,21H,2-5,9-10,14H2,1H3. The third-order valence-electron chi connectivity index (χ3n) is 4.87. The van der Waals surface area contributed by atoms with Crippen molar-refractivity contribution in [1.82, 2.24) is 4.90 Å². The summed E-state index contributed by atoms with van der Waals surface area (Å²) in [6.07, 6.45) is 8.03. The molecule has 1 saturated carbocycles. The van der Waals surface area contributed by atoms with Crippen molar-refractivity contribution >= 4 is 10.8 Å². The van der Waals surface area contributed by atoms with Gasteiger partial charge in [-0.05, 0) is 36.7 Å². The lowest BCUT2D eigenvalue weighted by Crippen LogP contribution is -2.30. The molecule has 0 radical (unpaired) electrons. The maximum absolute atomic E-state index is 10.3. The molecule has 0 aliphatic heterocycles. The zero-order valence-electron chi connectivity index (χ0n) is 12.9. The van der Waals surface area contributed by atoms with Crippen LogP contribution in [0.2, 0.25) is 0 Å². The van der Waals surface area contributed by atoms with Crippen LogP contribution in [0.1, 0.15) is 44.1 Å². The highest BCUT2D eigenvalue weighted by Gasteiger charge is 2.18. The van der Waals surface area contributed by atoms with Gasteiger partial charge in [-0.25, -0.2) is 0 Å². The van der Waals surface area contributed by atoms with Crippen molar-refractivity contribution in [1.29, 1.82) is 0 Å². The highest BCUT2D eigenvalue weighted by Crippen LogP contribution is 2.30. The van der Waals surface area contributed by atoms with Crippen molar-refractivity contribution < 1.29 is 5.11 Å². The molecule has 0 saturated heterocycles. The molecule has 1 fully saturated rings. The summed E-state index contributed by atoms with van der Waals surface area (Å²) in [5.74, 6) is 0.425. The molecule has 1 N–H and O–H groups in total. The third kappa shape index (κ3) is 3.21. The first-order valence-electron chi connectivity index (χ1n) is 8.15. The van der Waals surface area contributed by atoms with E-state index in [4.69, 9.17) is 0 Å². The first-order chi connectivity index (χ1) is 10.3. The molecular weight excluding hydrogens is 258 g/mol. The van der Waals surface area contributed by atoms with E-state index >= 15 is 0 Å². The predicted octanol–water partition coefficient (Wildman–Crippen LogP) is 4.70. The largest absolute Gasteiger partial charge is 0.508 e. The number of phenolic OH excluding ortho intramolecular Hbond substituents is 1. The fourth-order valence-electron chi connectivity index (χ4n) is 3.57. The molecule has 0 unspecified atom stereocenters. The lowest BCUT2D eigenvalue weighted by atomic mass is 10.0. The Labute approximate surface area is 127 Å². The zero-order chi connectivity index (χ0) is 14.7. The fraction of sp³-hybridized carbons (Fsp3) is 0.474. The summed E-state index contributed by atoms with van der Waals surface area (Å²) in [5.41, 5.74) is 1.07. The summed E-state index contributed by atoms with van der Waals surface area (Å²) >= 11 is 0. The van der Waals surface area contributed by atoms with Gasteiger partial charge in [0.1, 0.15) is 5.75 Å². The number of hydrogen-bond acceptors (Lipinski definition) is 2. The van der Waals surface area contributed by atoms with Crippen molar-refractivity contribution in [2.45, 2.75) is 51.1 Å². The van der Waals surface area contributed by atoms with E-state index in [1.807, 2.05) is 12.1 Å². The minimum absolute atomic E-state index is 0.425. The molecule has 0 aromatic heterocycles. The molecule has 0 amide bonds. The Bertz CT molecular complexity index is 600. The topological polar surface area (TPSA) is 23.5 Å². The molecule has 0 atom stereocenters. The lowest BCUT2D eigenvalue weighted by Gasteiger charge is -2.27. The first-order valence-corrected chi connectivity index (χ1v) is 8.15. The average Bonchev–Trinajstić information content (AvgIpc) is 2.79. The summed E-state index contributed by atoms with van der Waals surface area (Å²) in [6, 6.07) is 12.8. The van der Waals surface area contributed by atoms with Crippen LogP contribution in [0.5, 0.6) is 5.75 Å². The van der Waals surface area contributed by atoms with Crippen LogP contribution in [0.3, 0.4) is 0 Å². The second kappa shape index (κ2) is 6.48. The molecule has 0 spiro atoms. The number of benzene rings is 2. The number of hydrogen-bond donors (Lipinski definition) is 1. The number of phenols is 1. The minimum atomic E-state index is 0.425. The maximum atomic E-state index is 10.3. The van der Waals surface area contributed by atoms with Crippen LogP contribution < -0.4 is 0 Å². The van der Waals surface area contributed by atoms with Crippen LogP contribution in [-0.2, 0) is 6.54 Å². The van der Waals surface area contributed by atoms with Gasteiger partial charge in [0.15, 0.2) is 0 Å². The Hall–Kier alpha value is -1.54. The second-order valence-electron chi connectivity index (χ2n) is 6.34. The fourth-order valence-corrected chi connectivity index (χ4v) is 3.57. The van der Waals surface area contributed by atoms with Crippen molar-refractivity contribution in [2.24, 2.45) is 0 Å². The second-order valence-corrected chi connectivity index (χ2v) is 6.34. The Morgan fingerprint density at radius 2 is 1.71 bits per heavy atom. The Kier molecular flexibility index (Phi) is 4.45. The highest BCUT2D eigenvalue weighted by atomic mass is 16.3.